The standard InChI is InChI=1S/C14H19ClN2O4S/c1-2-3-6-21-14(20)17-7-9(10(18)8-17)16-13(19)11-4-5-12(15)22-11/h4-5,9-10,18H,2-3,6-8H2,1H3,(H,16,19). The van der Waals surface area contributed by atoms with Crippen LogP contribution < -0.4 is 5.32 Å². The quantitative estimate of drug-likeness (QED) is 0.800. The summed E-state index contributed by atoms with van der Waals surface area (Å²) in [7, 11) is 0. The van der Waals surface area contributed by atoms with E-state index in [-0.39, 0.29) is 19.0 Å². The zero-order valence-electron chi connectivity index (χ0n) is 12.3. The number of hydrogen-bond acceptors (Lipinski definition) is 5. The number of carbonyl (C=O) groups is 2. The van der Waals surface area contributed by atoms with Gasteiger partial charge in [0.05, 0.1) is 34.5 Å². The van der Waals surface area contributed by atoms with Gasteiger partial charge in [0.1, 0.15) is 0 Å². The van der Waals surface area contributed by atoms with Crippen molar-refractivity contribution in [3.63, 3.8) is 0 Å². The molecule has 1 saturated heterocycles. The highest BCUT2D eigenvalue weighted by molar-refractivity contribution is 7.17. The minimum atomic E-state index is -0.807. The Kier molecular flexibility index (Phi) is 6.05. The summed E-state index contributed by atoms with van der Waals surface area (Å²) >= 11 is 6.96. The first-order valence-corrected chi connectivity index (χ1v) is 8.36. The van der Waals surface area contributed by atoms with Crippen LogP contribution in [-0.2, 0) is 4.74 Å². The van der Waals surface area contributed by atoms with Gasteiger partial charge < -0.3 is 20.1 Å². The summed E-state index contributed by atoms with van der Waals surface area (Å²) in [5.41, 5.74) is 0. The van der Waals surface area contributed by atoms with Gasteiger partial charge in [-0.15, -0.1) is 11.3 Å². The number of ether oxygens (including phenoxy) is 1. The Morgan fingerprint density at radius 3 is 2.91 bits per heavy atom. The zero-order chi connectivity index (χ0) is 16.1. The van der Waals surface area contributed by atoms with E-state index in [4.69, 9.17) is 16.3 Å². The molecular weight excluding hydrogens is 328 g/mol. The summed E-state index contributed by atoms with van der Waals surface area (Å²) in [5.74, 6) is -0.304. The molecule has 1 aromatic rings. The van der Waals surface area contributed by atoms with Gasteiger partial charge in [0.25, 0.3) is 5.91 Å². The first kappa shape index (κ1) is 17.1. The monoisotopic (exact) mass is 346 g/mol. The van der Waals surface area contributed by atoms with Crippen molar-refractivity contribution in [3.8, 4) is 0 Å². The smallest absolute Gasteiger partial charge is 0.409 e. The second-order valence-electron chi connectivity index (χ2n) is 5.12. The number of nitrogens with zero attached hydrogens (tertiary/aromatic N) is 1. The molecule has 2 atom stereocenters. The Morgan fingerprint density at radius 2 is 2.27 bits per heavy atom. The molecule has 1 aliphatic rings. The van der Waals surface area contributed by atoms with Crippen molar-refractivity contribution in [1.82, 2.24) is 10.2 Å². The maximum atomic E-state index is 12.0. The lowest BCUT2D eigenvalue weighted by atomic mass is 10.2. The molecule has 0 bridgehead atoms. The number of thiophene rings is 1. The van der Waals surface area contributed by atoms with E-state index in [0.29, 0.717) is 15.8 Å². The van der Waals surface area contributed by atoms with Crippen LogP contribution in [0.15, 0.2) is 12.1 Å². The van der Waals surface area contributed by atoms with Gasteiger partial charge in [0.2, 0.25) is 0 Å². The Labute approximate surface area is 138 Å². The van der Waals surface area contributed by atoms with E-state index < -0.39 is 18.2 Å². The number of β-amino-alcohol motifs (C(OH)–C–C–N with tert-alkyl or cyclic N) is 1. The van der Waals surface area contributed by atoms with E-state index >= 15 is 0 Å². The van der Waals surface area contributed by atoms with E-state index in [1.807, 2.05) is 6.92 Å². The van der Waals surface area contributed by atoms with Crippen LogP contribution in [-0.4, -0.2) is 53.8 Å². The first-order valence-electron chi connectivity index (χ1n) is 7.17. The Balaban J connectivity index is 1.85. The lowest BCUT2D eigenvalue weighted by Crippen LogP contribution is -2.42. The van der Waals surface area contributed by atoms with Crippen LogP contribution >= 0.6 is 22.9 Å². The number of nitrogens with one attached hydrogen (secondary N) is 1. The molecule has 2 N–H and O–H groups in total. The van der Waals surface area contributed by atoms with Gasteiger partial charge in [-0.25, -0.2) is 4.79 Å². The Morgan fingerprint density at radius 1 is 1.50 bits per heavy atom. The molecule has 0 aromatic carbocycles. The van der Waals surface area contributed by atoms with Gasteiger partial charge in [-0.05, 0) is 18.6 Å². The van der Waals surface area contributed by atoms with E-state index in [9.17, 15) is 14.7 Å². The molecule has 2 rings (SSSR count). The van der Waals surface area contributed by atoms with Crippen LogP contribution in [0.3, 0.4) is 0 Å². The number of likely N-dealkylation sites (tertiary alicyclic amines) is 1. The number of hydrogen-bond donors (Lipinski definition) is 2. The van der Waals surface area contributed by atoms with Crippen LogP contribution in [0.2, 0.25) is 4.34 Å². The second kappa shape index (κ2) is 7.80. The molecule has 1 aromatic heterocycles. The molecule has 0 spiro atoms. The minimum absolute atomic E-state index is 0.154. The SMILES string of the molecule is CCCCOC(=O)N1CC(O)C(NC(=O)c2ccc(Cl)s2)C1. The van der Waals surface area contributed by atoms with Crippen molar-refractivity contribution in [1.29, 1.82) is 0 Å². The number of rotatable bonds is 5. The maximum absolute atomic E-state index is 12.0. The normalized spacial score (nSPS) is 21.0. The average molecular weight is 347 g/mol. The number of unbranched alkanes of at least 4 members (excludes halogenated alkanes) is 1. The molecule has 122 valence electrons. The molecule has 2 amide bonds. The van der Waals surface area contributed by atoms with Crippen LogP contribution in [0, 0.1) is 0 Å². The summed E-state index contributed by atoms with van der Waals surface area (Å²) in [4.78, 5) is 25.8. The largest absolute Gasteiger partial charge is 0.449 e. The summed E-state index contributed by atoms with van der Waals surface area (Å²) in [6.45, 7) is 2.76. The predicted octanol–water partition coefficient (Wildman–Crippen LogP) is 2.11. The number of halogens is 1. The molecule has 0 radical (unpaired) electrons. The van der Waals surface area contributed by atoms with E-state index in [1.54, 1.807) is 12.1 Å². The summed E-state index contributed by atoms with van der Waals surface area (Å²) in [5, 5.41) is 12.7. The predicted molar refractivity (Wildman–Crippen MR) is 84.4 cm³/mol. The summed E-state index contributed by atoms with van der Waals surface area (Å²) in [6.07, 6.45) is 0.487. The summed E-state index contributed by atoms with van der Waals surface area (Å²) in [6, 6.07) is 2.76. The van der Waals surface area contributed by atoms with Crippen molar-refractivity contribution < 1.29 is 19.4 Å². The lowest BCUT2D eigenvalue weighted by molar-refractivity contribution is 0.0892. The molecule has 22 heavy (non-hydrogen) atoms. The zero-order valence-corrected chi connectivity index (χ0v) is 13.8. The van der Waals surface area contributed by atoms with Crippen molar-refractivity contribution >= 4 is 34.9 Å². The van der Waals surface area contributed by atoms with Crippen LogP contribution in [0.25, 0.3) is 0 Å². The third-order valence-electron chi connectivity index (χ3n) is 3.38. The third-order valence-corrected chi connectivity index (χ3v) is 4.61. The molecule has 0 saturated carbocycles. The molecule has 6 nitrogen and oxygen atoms in total. The fourth-order valence-electron chi connectivity index (χ4n) is 2.15. The van der Waals surface area contributed by atoms with Gasteiger partial charge in [0.15, 0.2) is 0 Å². The van der Waals surface area contributed by atoms with E-state index in [2.05, 4.69) is 5.32 Å². The molecule has 1 aliphatic heterocycles. The fourth-order valence-corrected chi connectivity index (χ4v) is 3.09. The van der Waals surface area contributed by atoms with Gasteiger partial charge >= 0.3 is 6.09 Å². The topological polar surface area (TPSA) is 78.9 Å². The number of carbonyl (C=O) groups excluding carboxylic acids is 2. The Bertz CT molecular complexity index is 537. The highest BCUT2D eigenvalue weighted by Crippen LogP contribution is 2.22. The fraction of sp³-hybridized carbons (Fsp3) is 0.571. The van der Waals surface area contributed by atoms with Crippen molar-refractivity contribution in [3.05, 3.63) is 21.3 Å². The number of amides is 2. The van der Waals surface area contributed by atoms with Crippen LogP contribution in [0.5, 0.6) is 0 Å². The minimum Gasteiger partial charge on any atom is -0.449 e. The molecule has 8 heteroatoms. The van der Waals surface area contributed by atoms with Gasteiger partial charge in [0, 0.05) is 6.54 Å². The van der Waals surface area contributed by atoms with E-state index in [1.165, 1.54) is 16.2 Å². The third kappa shape index (κ3) is 4.34. The first-order chi connectivity index (χ1) is 10.5. The Hall–Kier alpha value is -1.31. The second-order valence-corrected chi connectivity index (χ2v) is 6.84. The van der Waals surface area contributed by atoms with Crippen molar-refractivity contribution in [2.45, 2.75) is 31.9 Å². The maximum Gasteiger partial charge on any atom is 0.409 e. The molecule has 2 unspecified atom stereocenters. The average Bonchev–Trinajstić information content (AvgIpc) is 3.06. The highest BCUT2D eigenvalue weighted by atomic mass is 35.5. The molecular formula is C14H19ClN2O4S. The van der Waals surface area contributed by atoms with Gasteiger partial charge in [-0.1, -0.05) is 24.9 Å². The van der Waals surface area contributed by atoms with Crippen molar-refractivity contribution in [2.24, 2.45) is 0 Å². The van der Waals surface area contributed by atoms with Crippen LogP contribution in [0.4, 0.5) is 4.79 Å². The summed E-state index contributed by atoms with van der Waals surface area (Å²) < 4.78 is 5.63. The van der Waals surface area contributed by atoms with Gasteiger partial charge in [-0.3, -0.25) is 4.79 Å². The highest BCUT2D eigenvalue weighted by Gasteiger charge is 2.36. The molecule has 1 fully saturated rings. The molecule has 2 heterocycles. The van der Waals surface area contributed by atoms with Gasteiger partial charge in [-0.2, -0.15) is 0 Å². The number of aliphatic hydroxyl groups excluding tert-OH is 1. The number of aliphatic hydroxyl groups is 1. The molecule has 0 aliphatic carbocycles. The van der Waals surface area contributed by atoms with Crippen LogP contribution in [0.1, 0.15) is 29.4 Å². The lowest BCUT2D eigenvalue weighted by Gasteiger charge is -2.16. The van der Waals surface area contributed by atoms with Crippen molar-refractivity contribution in [2.75, 3.05) is 19.7 Å². The van der Waals surface area contributed by atoms with E-state index in [0.717, 1.165) is 12.8 Å².